The Labute approximate surface area is 207 Å². The molecule has 0 amide bonds. The van der Waals surface area contributed by atoms with Crippen molar-refractivity contribution in [2.24, 2.45) is 5.92 Å². The molecule has 0 fully saturated rings. The van der Waals surface area contributed by atoms with Gasteiger partial charge < -0.3 is 24.5 Å². The van der Waals surface area contributed by atoms with Gasteiger partial charge in [-0.15, -0.1) is 0 Å². The monoisotopic (exact) mass is 482 g/mol. The Morgan fingerprint density at radius 2 is 1.50 bits per heavy atom. The number of hydrogen-bond acceptors (Lipinski definition) is 6. The molecule has 6 heteroatoms. The molecular formula is C30H26O6. The number of phenols is 3. The van der Waals surface area contributed by atoms with Crippen molar-refractivity contribution in [1.29, 1.82) is 0 Å². The van der Waals surface area contributed by atoms with Gasteiger partial charge in [-0.1, -0.05) is 56.3 Å². The van der Waals surface area contributed by atoms with Gasteiger partial charge in [0, 0.05) is 5.56 Å². The van der Waals surface area contributed by atoms with Gasteiger partial charge in [-0.05, 0) is 59.9 Å². The highest BCUT2D eigenvalue weighted by molar-refractivity contribution is 5.94. The van der Waals surface area contributed by atoms with E-state index in [4.69, 9.17) is 9.15 Å². The lowest BCUT2D eigenvalue weighted by Crippen LogP contribution is -2.10. The molecule has 0 radical (unpaired) electrons. The van der Waals surface area contributed by atoms with Crippen LogP contribution in [-0.4, -0.2) is 15.3 Å². The molecular weight excluding hydrogens is 456 g/mol. The first-order valence-electron chi connectivity index (χ1n) is 11.7. The number of phenolic OH excluding ortho intramolecular Hbond substituents is 3. The zero-order valence-electron chi connectivity index (χ0n) is 20.2. The molecule has 4 aromatic carbocycles. The number of aromatic hydroxyl groups is 3. The standard InChI is InChI=1S/C30H26O6/c1-16(2)14-23-26(31)29(34)28(33)25-27(32)24(17(3)35-30(23)25)19-9-11-21(12-10-19)36-22-13-8-18-6-4-5-7-20(18)15-22/h4-13,15-16,31,33-34H,14H2,1-3H3. The molecule has 5 rings (SSSR count). The molecule has 3 N–H and O–H groups in total. The maximum Gasteiger partial charge on any atom is 0.204 e. The predicted octanol–water partition coefficient (Wildman–Crippen LogP) is 7.03. The largest absolute Gasteiger partial charge is 0.504 e. The predicted molar refractivity (Wildman–Crippen MR) is 140 cm³/mol. The molecule has 0 unspecified atom stereocenters. The first-order valence-corrected chi connectivity index (χ1v) is 11.7. The van der Waals surface area contributed by atoms with Crippen LogP contribution in [-0.2, 0) is 6.42 Å². The normalized spacial score (nSPS) is 11.4. The number of ether oxygens (including phenoxy) is 1. The van der Waals surface area contributed by atoms with E-state index in [1.165, 1.54) is 0 Å². The summed E-state index contributed by atoms with van der Waals surface area (Å²) in [6.45, 7) is 5.54. The van der Waals surface area contributed by atoms with Crippen LogP contribution in [0.3, 0.4) is 0 Å². The van der Waals surface area contributed by atoms with Gasteiger partial charge >= 0.3 is 0 Å². The van der Waals surface area contributed by atoms with E-state index < -0.39 is 22.7 Å². The Morgan fingerprint density at radius 1 is 0.833 bits per heavy atom. The first-order chi connectivity index (χ1) is 17.2. The molecule has 6 nitrogen and oxygen atoms in total. The molecule has 0 aliphatic heterocycles. The Balaban J connectivity index is 1.55. The SMILES string of the molecule is Cc1oc2c(CC(C)C)c(O)c(O)c(O)c2c(=O)c1-c1ccc(Oc2ccc3ccccc3c2)cc1. The maximum absolute atomic E-state index is 13.5. The molecule has 1 aromatic heterocycles. The van der Waals surface area contributed by atoms with Gasteiger partial charge in [0.05, 0.1) is 5.56 Å². The maximum atomic E-state index is 13.5. The second-order valence-electron chi connectivity index (χ2n) is 9.32. The van der Waals surface area contributed by atoms with Crippen molar-refractivity contribution in [3.63, 3.8) is 0 Å². The molecule has 0 aliphatic rings. The summed E-state index contributed by atoms with van der Waals surface area (Å²) in [5, 5.41) is 33.3. The van der Waals surface area contributed by atoms with E-state index in [1.807, 2.05) is 56.3 Å². The van der Waals surface area contributed by atoms with Gasteiger partial charge in [-0.2, -0.15) is 0 Å². The second kappa shape index (κ2) is 8.96. The molecule has 0 saturated carbocycles. The average Bonchev–Trinajstić information content (AvgIpc) is 2.86. The highest BCUT2D eigenvalue weighted by Gasteiger charge is 2.25. The third-order valence-electron chi connectivity index (χ3n) is 6.25. The van der Waals surface area contributed by atoms with E-state index in [0.29, 0.717) is 34.8 Å². The number of fused-ring (bicyclic) bond motifs is 2. The number of aryl methyl sites for hydroxylation is 1. The number of hydrogen-bond donors (Lipinski definition) is 3. The van der Waals surface area contributed by atoms with Gasteiger partial charge in [0.1, 0.15) is 28.2 Å². The Morgan fingerprint density at radius 3 is 2.19 bits per heavy atom. The van der Waals surface area contributed by atoms with Crippen molar-refractivity contribution in [2.45, 2.75) is 27.2 Å². The zero-order valence-corrected chi connectivity index (χ0v) is 20.2. The van der Waals surface area contributed by atoms with Gasteiger partial charge in [0.25, 0.3) is 0 Å². The molecule has 1 heterocycles. The van der Waals surface area contributed by atoms with E-state index in [-0.39, 0.29) is 22.5 Å². The van der Waals surface area contributed by atoms with Crippen molar-refractivity contribution in [3.8, 4) is 39.9 Å². The first kappa shape index (κ1) is 23.3. The highest BCUT2D eigenvalue weighted by Crippen LogP contribution is 2.45. The van der Waals surface area contributed by atoms with E-state index in [1.54, 1.807) is 31.2 Å². The second-order valence-corrected chi connectivity index (χ2v) is 9.32. The van der Waals surface area contributed by atoms with Gasteiger partial charge in [0.15, 0.2) is 11.5 Å². The van der Waals surface area contributed by atoms with Crippen LogP contribution in [0, 0.1) is 12.8 Å². The van der Waals surface area contributed by atoms with Crippen LogP contribution in [0.5, 0.6) is 28.7 Å². The van der Waals surface area contributed by atoms with Crippen LogP contribution in [0.1, 0.15) is 25.2 Å². The van der Waals surface area contributed by atoms with E-state index in [9.17, 15) is 20.1 Å². The fourth-order valence-corrected chi connectivity index (χ4v) is 4.54. The summed E-state index contributed by atoms with van der Waals surface area (Å²) in [6.07, 6.45) is 0.360. The van der Waals surface area contributed by atoms with Crippen LogP contribution in [0.2, 0.25) is 0 Å². The molecule has 0 spiro atoms. The van der Waals surface area contributed by atoms with Crippen LogP contribution in [0.4, 0.5) is 0 Å². The van der Waals surface area contributed by atoms with E-state index >= 15 is 0 Å². The Hall–Kier alpha value is -4.45. The third-order valence-corrected chi connectivity index (χ3v) is 6.25. The quantitative estimate of drug-likeness (QED) is 0.233. The lowest BCUT2D eigenvalue weighted by Gasteiger charge is -2.15. The van der Waals surface area contributed by atoms with Crippen molar-refractivity contribution in [3.05, 3.63) is 88.3 Å². The number of rotatable bonds is 5. The van der Waals surface area contributed by atoms with Crippen molar-refractivity contribution in [2.75, 3.05) is 0 Å². The van der Waals surface area contributed by atoms with Crippen molar-refractivity contribution < 1.29 is 24.5 Å². The van der Waals surface area contributed by atoms with Crippen LogP contribution < -0.4 is 10.2 Å². The lowest BCUT2D eigenvalue weighted by atomic mass is 9.96. The molecule has 5 aromatic rings. The van der Waals surface area contributed by atoms with Crippen LogP contribution >= 0.6 is 0 Å². The summed E-state index contributed by atoms with van der Waals surface area (Å²) >= 11 is 0. The topological polar surface area (TPSA) is 100 Å². The molecule has 0 saturated heterocycles. The molecule has 0 atom stereocenters. The Bertz CT molecular complexity index is 1660. The minimum absolute atomic E-state index is 0.0824. The van der Waals surface area contributed by atoms with Crippen molar-refractivity contribution in [1.82, 2.24) is 0 Å². The minimum atomic E-state index is -0.723. The summed E-state index contributed by atoms with van der Waals surface area (Å²) in [6, 6.07) is 20.9. The lowest BCUT2D eigenvalue weighted by molar-refractivity contribution is 0.365. The smallest absolute Gasteiger partial charge is 0.204 e. The average molecular weight is 483 g/mol. The van der Waals surface area contributed by atoms with Gasteiger partial charge in [0.2, 0.25) is 11.2 Å². The molecule has 0 aliphatic carbocycles. The number of benzene rings is 4. The van der Waals surface area contributed by atoms with Crippen LogP contribution in [0.15, 0.2) is 75.9 Å². The summed E-state index contributed by atoms with van der Waals surface area (Å²) in [5.74, 6) is -0.143. The van der Waals surface area contributed by atoms with Gasteiger partial charge in [-0.25, -0.2) is 0 Å². The molecule has 0 bridgehead atoms. The van der Waals surface area contributed by atoms with E-state index in [2.05, 4.69) is 0 Å². The van der Waals surface area contributed by atoms with Crippen molar-refractivity contribution >= 4 is 21.7 Å². The fourth-order valence-electron chi connectivity index (χ4n) is 4.54. The van der Waals surface area contributed by atoms with Crippen LogP contribution in [0.25, 0.3) is 32.9 Å². The molecule has 182 valence electrons. The fraction of sp³-hybridized carbons (Fsp3) is 0.167. The Kier molecular flexibility index (Phi) is 5.80. The summed E-state index contributed by atoms with van der Waals surface area (Å²) in [5.41, 5.74) is 0.719. The highest BCUT2D eigenvalue weighted by atomic mass is 16.5. The summed E-state index contributed by atoms with van der Waals surface area (Å²) in [4.78, 5) is 13.5. The molecule has 36 heavy (non-hydrogen) atoms. The van der Waals surface area contributed by atoms with Gasteiger partial charge in [-0.3, -0.25) is 4.79 Å². The summed E-state index contributed by atoms with van der Waals surface area (Å²) in [7, 11) is 0. The summed E-state index contributed by atoms with van der Waals surface area (Å²) < 4.78 is 12.0. The minimum Gasteiger partial charge on any atom is -0.504 e. The zero-order chi connectivity index (χ0) is 25.6. The van der Waals surface area contributed by atoms with E-state index in [0.717, 1.165) is 10.8 Å². The third kappa shape index (κ3) is 4.01.